The molecule has 3 fully saturated rings. The van der Waals surface area contributed by atoms with Crippen LogP contribution in [0.2, 0.25) is 0 Å². The molecule has 3 heterocycles. The quantitative estimate of drug-likeness (QED) is 0.0434. The van der Waals surface area contributed by atoms with Crippen LogP contribution < -0.4 is 47.0 Å². The first-order valence-corrected chi connectivity index (χ1v) is 28.1. The molecule has 3 aliphatic rings. The van der Waals surface area contributed by atoms with Crippen LogP contribution in [0.1, 0.15) is 102 Å². The van der Waals surface area contributed by atoms with Gasteiger partial charge in [-0.3, -0.25) is 42.9 Å². The number of carbonyl (C=O) groups is 8. The molecule has 0 saturated carbocycles. The molecule has 2 aromatic carbocycles. The predicted molar refractivity (Wildman–Crippen MR) is 284 cm³/mol. The van der Waals surface area contributed by atoms with Gasteiger partial charge in [0.05, 0.1) is 37.4 Å². The number of hydrogen-bond donors (Lipinski definition) is 17. The Labute approximate surface area is 476 Å². The van der Waals surface area contributed by atoms with E-state index in [2.05, 4.69) is 27.1 Å². The van der Waals surface area contributed by atoms with Crippen molar-refractivity contribution in [3.8, 4) is 17.2 Å². The number of aromatic hydroxyl groups is 1. The van der Waals surface area contributed by atoms with Crippen LogP contribution >= 0.6 is 0 Å². The summed E-state index contributed by atoms with van der Waals surface area (Å²) in [5.74, 6) is -13.6. The Bertz CT molecular complexity index is 2740. The lowest BCUT2D eigenvalue weighted by molar-refractivity contribution is -0.149. The summed E-state index contributed by atoms with van der Waals surface area (Å²) in [5, 5.41) is 111. The lowest BCUT2D eigenvalue weighted by Crippen LogP contribution is -2.64. The van der Waals surface area contributed by atoms with E-state index in [1.807, 2.05) is 10.6 Å². The topological polar surface area (TPSA) is 510 Å². The zero-order chi connectivity index (χ0) is 61.8. The maximum absolute atomic E-state index is 14.6. The van der Waals surface area contributed by atoms with E-state index >= 15 is 0 Å². The van der Waals surface area contributed by atoms with Crippen molar-refractivity contribution >= 4 is 57.7 Å². The average molecular weight is 1200 g/mol. The van der Waals surface area contributed by atoms with Crippen LogP contribution in [0.5, 0.6) is 17.2 Å². The van der Waals surface area contributed by atoms with Crippen molar-refractivity contribution in [1.29, 1.82) is 0 Å². The van der Waals surface area contributed by atoms with Crippen LogP contribution in [0.25, 0.3) is 0 Å². The van der Waals surface area contributed by atoms with Gasteiger partial charge in [-0.1, -0.05) is 64.2 Å². The summed E-state index contributed by atoms with van der Waals surface area (Å²) in [6.07, 6.45) is -14.0. The van der Waals surface area contributed by atoms with Crippen LogP contribution in [0.4, 0.5) is 0 Å². The van der Waals surface area contributed by atoms with Gasteiger partial charge >= 0.3 is 10.4 Å². The van der Waals surface area contributed by atoms with Gasteiger partial charge in [-0.15, -0.1) is 0 Å². The van der Waals surface area contributed by atoms with Crippen molar-refractivity contribution in [2.75, 3.05) is 19.7 Å². The number of amides is 8. The molecule has 16 atom stereocenters. The molecule has 19 N–H and O–H groups in total. The highest BCUT2D eigenvalue weighted by Crippen LogP contribution is 2.33. The lowest BCUT2D eigenvalue weighted by atomic mass is 9.96. The van der Waals surface area contributed by atoms with Crippen LogP contribution in [0.3, 0.4) is 0 Å². The molecule has 83 heavy (non-hydrogen) atoms. The van der Waals surface area contributed by atoms with Gasteiger partial charge in [-0.2, -0.15) is 8.42 Å². The molecular formula is C51H75N9O22S. The van der Waals surface area contributed by atoms with Crippen LogP contribution in [0, 0.1) is 5.92 Å². The van der Waals surface area contributed by atoms with Crippen LogP contribution in [-0.4, -0.2) is 215 Å². The fourth-order valence-electron chi connectivity index (χ4n) is 9.76. The molecule has 3 aliphatic heterocycles. The Morgan fingerprint density at radius 3 is 2.00 bits per heavy atom. The third kappa shape index (κ3) is 17.8. The number of nitrogens with two attached hydrogens (primary N) is 2. The Morgan fingerprint density at radius 2 is 1.37 bits per heavy atom. The first-order valence-electron chi connectivity index (χ1n) is 26.8. The molecular weight excluding hydrogens is 1120 g/mol. The number of aliphatic hydroxyl groups excluding tert-OH is 8. The smallest absolute Gasteiger partial charge is 0.446 e. The van der Waals surface area contributed by atoms with E-state index in [-0.39, 0.29) is 5.56 Å². The van der Waals surface area contributed by atoms with E-state index in [1.54, 1.807) is 12.1 Å². The second kappa shape index (κ2) is 29.6. The highest BCUT2D eigenvalue weighted by molar-refractivity contribution is 7.81. The van der Waals surface area contributed by atoms with E-state index < -0.39 is 204 Å². The number of ether oxygens (including phenoxy) is 1. The van der Waals surface area contributed by atoms with Crippen molar-refractivity contribution < 1.29 is 106 Å². The summed E-state index contributed by atoms with van der Waals surface area (Å²) < 4.78 is 42.5. The van der Waals surface area contributed by atoms with Gasteiger partial charge in [0.15, 0.2) is 17.7 Å². The Hall–Kier alpha value is -6.85. The minimum absolute atomic E-state index is 0.202. The molecule has 0 aliphatic carbocycles. The average Bonchev–Trinajstić information content (AvgIpc) is 3.65. The Kier molecular flexibility index (Phi) is 23.9. The standard InChI is InChI=1S/C51H75N9O22S/c1-4-5-6-7-8-9-16-81-28-13-10-25(11-14-28)36(53)47(73)54-29-19-33(65)46(72)58-49(75)40-41(67)23(2)21-60(40)51(77)38(32(64)20-35(52)66)56-48(74)39(43(69)42(68)26-12-15-31(63)34(17-26)82-83(78,79)80)57-45(71)30-18-27(62)22-59(30)50(76)37(24(3)61)55-44(29)70/h10-15,17,23-24,27,29-30,32-33,36-43,46,61-65,67-69,72H,4-9,16,18-22,53H2,1-3H3,(H2,52,66)(H,54,73)(H,55,70)(H,56,74)(H,57,71)(H,58,75)(H,78,79,80). The summed E-state index contributed by atoms with van der Waals surface area (Å²) in [5.41, 5.74) is 11.3. The number of phenols is 1. The molecule has 3 saturated heterocycles. The van der Waals surface area contributed by atoms with Crippen molar-refractivity contribution in [3.05, 3.63) is 53.6 Å². The van der Waals surface area contributed by atoms with Gasteiger partial charge in [0.2, 0.25) is 47.3 Å². The Balaban J connectivity index is 1.56. The number of hydrogen-bond acceptors (Lipinski definition) is 22. The number of rotatable bonds is 20. The number of aliphatic hydroxyl groups is 8. The van der Waals surface area contributed by atoms with Gasteiger partial charge in [-0.05, 0) is 48.7 Å². The SMILES string of the molecule is CCCCCCCCOc1ccc(C(N)C(=O)NC2CC(O)C(O)NC(=O)C3C(O)C(C)CN3C(=O)C(C(O)CC(N)=O)NC(=O)C(C(O)C(O)c3ccc(O)c(OS(=O)(=O)O)c3)NC(=O)C3CC(O)CN3C(=O)C(C(C)O)NC2=O)cc1. The monoisotopic (exact) mass is 1200 g/mol. The largest absolute Gasteiger partial charge is 0.504 e. The number of unbranched alkanes of at least 4 members (excludes halogenated alkanes) is 5. The third-order valence-electron chi connectivity index (χ3n) is 14.4. The normalized spacial score (nSPS) is 27.9. The van der Waals surface area contributed by atoms with Gasteiger partial charge in [0, 0.05) is 31.8 Å². The molecule has 32 heteroatoms. The summed E-state index contributed by atoms with van der Waals surface area (Å²) in [4.78, 5) is 114. The number of fused-ring (bicyclic) bond motifs is 2. The molecule has 5 rings (SSSR count). The fraction of sp³-hybridized carbons (Fsp3) is 0.608. The van der Waals surface area contributed by atoms with Gasteiger partial charge in [-0.25, -0.2) is 0 Å². The van der Waals surface area contributed by atoms with Crippen LogP contribution in [0.15, 0.2) is 42.5 Å². The number of primary amides is 1. The van der Waals surface area contributed by atoms with Crippen molar-refractivity contribution in [2.45, 2.75) is 170 Å². The zero-order valence-corrected chi connectivity index (χ0v) is 46.4. The molecule has 0 radical (unpaired) electrons. The summed E-state index contributed by atoms with van der Waals surface area (Å²) in [6.45, 7) is 3.62. The summed E-state index contributed by atoms with van der Waals surface area (Å²) in [7, 11) is -5.35. The molecule has 31 nitrogen and oxygen atoms in total. The maximum Gasteiger partial charge on any atom is 0.446 e. The van der Waals surface area contributed by atoms with E-state index in [4.69, 9.17) is 16.2 Å². The van der Waals surface area contributed by atoms with E-state index in [1.165, 1.54) is 19.1 Å². The molecule has 0 spiro atoms. The molecule has 0 aromatic heterocycles. The van der Waals surface area contributed by atoms with Crippen molar-refractivity contribution in [3.63, 3.8) is 0 Å². The summed E-state index contributed by atoms with van der Waals surface area (Å²) >= 11 is 0. The maximum atomic E-state index is 14.6. The number of phenolic OH excluding ortho intramolecular Hbond substituents is 1. The predicted octanol–water partition coefficient (Wildman–Crippen LogP) is -5.67. The minimum atomic E-state index is -5.35. The molecule has 0 bridgehead atoms. The molecule has 16 unspecified atom stereocenters. The zero-order valence-electron chi connectivity index (χ0n) is 45.6. The molecule has 462 valence electrons. The second-order valence-corrected chi connectivity index (χ2v) is 21.9. The lowest BCUT2D eigenvalue weighted by Gasteiger charge is -2.34. The second-order valence-electron chi connectivity index (χ2n) is 20.9. The summed E-state index contributed by atoms with van der Waals surface area (Å²) in [6, 6.07) is -6.43. The highest BCUT2D eigenvalue weighted by Gasteiger charge is 2.51. The molecule has 2 aromatic rings. The van der Waals surface area contributed by atoms with Crippen molar-refractivity contribution in [2.24, 2.45) is 17.4 Å². The fourth-order valence-corrected chi connectivity index (χ4v) is 10.1. The molecule has 8 amide bonds. The van der Waals surface area contributed by atoms with Crippen molar-refractivity contribution in [1.82, 2.24) is 36.4 Å². The van der Waals surface area contributed by atoms with Gasteiger partial charge in [0.25, 0.3) is 0 Å². The first-order chi connectivity index (χ1) is 38.9. The highest BCUT2D eigenvalue weighted by atomic mass is 32.3. The number of nitrogens with one attached hydrogen (secondary N) is 5. The van der Waals surface area contributed by atoms with E-state index in [0.29, 0.717) is 34.3 Å². The number of carbonyl (C=O) groups excluding carboxylic acids is 8. The number of nitrogens with zero attached hydrogens (tertiary/aromatic N) is 2. The van der Waals surface area contributed by atoms with E-state index in [9.17, 15) is 97.3 Å². The van der Waals surface area contributed by atoms with Crippen LogP contribution in [-0.2, 0) is 48.8 Å². The third-order valence-corrected chi connectivity index (χ3v) is 14.8. The van der Waals surface area contributed by atoms with Gasteiger partial charge in [0.1, 0.15) is 66.4 Å². The number of benzene rings is 2. The minimum Gasteiger partial charge on any atom is -0.504 e. The Morgan fingerprint density at radius 1 is 0.771 bits per heavy atom. The van der Waals surface area contributed by atoms with E-state index in [0.717, 1.165) is 51.5 Å². The van der Waals surface area contributed by atoms with Gasteiger partial charge < -0.3 is 103 Å². The first kappa shape index (κ1) is 66.9.